The standard InChI is InChI=1S/C20H19NO2/c1-13(2)18-10-16-5-6-17(11-19(16)21-18)23-12-14-3-4-15-7-8-22-20(15)9-14/h3-11,13,21H,12H2,1-2H3. The first-order valence-corrected chi connectivity index (χ1v) is 7.90. The van der Waals surface area contributed by atoms with Crippen molar-refractivity contribution in [2.45, 2.75) is 26.4 Å². The average Bonchev–Trinajstić information content (AvgIpc) is 3.18. The van der Waals surface area contributed by atoms with Crippen LogP contribution in [0.2, 0.25) is 0 Å². The minimum Gasteiger partial charge on any atom is -0.489 e. The molecule has 2 aromatic heterocycles. The first kappa shape index (κ1) is 13.9. The van der Waals surface area contributed by atoms with Gasteiger partial charge < -0.3 is 14.1 Å². The second-order valence-corrected chi connectivity index (χ2v) is 6.21. The number of rotatable bonds is 4. The van der Waals surface area contributed by atoms with Crippen LogP contribution in [-0.4, -0.2) is 4.98 Å². The molecular weight excluding hydrogens is 286 g/mol. The fourth-order valence-electron chi connectivity index (χ4n) is 2.79. The normalized spacial score (nSPS) is 11.6. The molecule has 0 radical (unpaired) electrons. The van der Waals surface area contributed by atoms with Gasteiger partial charge in [0.15, 0.2) is 0 Å². The molecule has 0 aliphatic rings. The number of hydrogen-bond donors (Lipinski definition) is 1. The molecule has 2 heterocycles. The molecule has 0 saturated carbocycles. The van der Waals surface area contributed by atoms with E-state index < -0.39 is 0 Å². The van der Waals surface area contributed by atoms with Crippen LogP contribution in [0.1, 0.15) is 31.0 Å². The number of ether oxygens (including phenoxy) is 1. The zero-order valence-electron chi connectivity index (χ0n) is 13.3. The molecule has 3 nitrogen and oxygen atoms in total. The summed E-state index contributed by atoms with van der Waals surface area (Å²) < 4.78 is 11.4. The van der Waals surface area contributed by atoms with E-state index >= 15 is 0 Å². The van der Waals surface area contributed by atoms with E-state index in [2.05, 4.69) is 49.2 Å². The molecule has 0 aliphatic heterocycles. The van der Waals surface area contributed by atoms with Gasteiger partial charge in [-0.15, -0.1) is 0 Å². The molecule has 4 rings (SSSR count). The van der Waals surface area contributed by atoms with Gasteiger partial charge in [0.05, 0.1) is 6.26 Å². The van der Waals surface area contributed by atoms with E-state index in [-0.39, 0.29) is 0 Å². The molecular formula is C20H19NO2. The number of aromatic amines is 1. The van der Waals surface area contributed by atoms with Crippen LogP contribution >= 0.6 is 0 Å². The van der Waals surface area contributed by atoms with E-state index in [4.69, 9.17) is 9.15 Å². The minimum atomic E-state index is 0.492. The Balaban J connectivity index is 1.54. The second-order valence-electron chi connectivity index (χ2n) is 6.21. The van der Waals surface area contributed by atoms with Gasteiger partial charge in [0.25, 0.3) is 0 Å². The zero-order valence-corrected chi connectivity index (χ0v) is 13.3. The molecule has 116 valence electrons. The third-order valence-electron chi connectivity index (χ3n) is 4.16. The van der Waals surface area contributed by atoms with Gasteiger partial charge in [-0.2, -0.15) is 0 Å². The topological polar surface area (TPSA) is 38.2 Å². The summed E-state index contributed by atoms with van der Waals surface area (Å²) in [5.41, 5.74) is 4.36. The van der Waals surface area contributed by atoms with Crippen molar-refractivity contribution in [1.29, 1.82) is 0 Å². The number of H-pyrrole nitrogens is 1. The van der Waals surface area contributed by atoms with Crippen molar-refractivity contribution in [2.75, 3.05) is 0 Å². The fourth-order valence-corrected chi connectivity index (χ4v) is 2.79. The van der Waals surface area contributed by atoms with Gasteiger partial charge in [-0.25, -0.2) is 0 Å². The van der Waals surface area contributed by atoms with E-state index in [0.29, 0.717) is 12.5 Å². The van der Waals surface area contributed by atoms with Crippen molar-refractivity contribution in [1.82, 2.24) is 4.98 Å². The molecule has 3 heteroatoms. The van der Waals surface area contributed by atoms with Gasteiger partial charge in [0.1, 0.15) is 17.9 Å². The Morgan fingerprint density at radius 3 is 2.74 bits per heavy atom. The van der Waals surface area contributed by atoms with Crippen molar-refractivity contribution in [3.05, 3.63) is 66.1 Å². The molecule has 23 heavy (non-hydrogen) atoms. The number of aromatic nitrogens is 1. The lowest BCUT2D eigenvalue weighted by Gasteiger charge is -2.06. The van der Waals surface area contributed by atoms with Crippen molar-refractivity contribution >= 4 is 21.9 Å². The quantitative estimate of drug-likeness (QED) is 0.531. The summed E-state index contributed by atoms with van der Waals surface area (Å²) in [7, 11) is 0. The maximum atomic E-state index is 5.93. The Morgan fingerprint density at radius 2 is 1.87 bits per heavy atom. The summed E-state index contributed by atoms with van der Waals surface area (Å²) in [6, 6.07) is 16.5. The van der Waals surface area contributed by atoms with Gasteiger partial charge in [-0.3, -0.25) is 0 Å². The minimum absolute atomic E-state index is 0.492. The predicted molar refractivity (Wildman–Crippen MR) is 92.9 cm³/mol. The van der Waals surface area contributed by atoms with E-state index in [1.165, 1.54) is 11.1 Å². The van der Waals surface area contributed by atoms with Crippen LogP contribution in [0.25, 0.3) is 21.9 Å². The first-order chi connectivity index (χ1) is 11.2. The highest BCUT2D eigenvalue weighted by molar-refractivity contribution is 5.82. The van der Waals surface area contributed by atoms with Crippen LogP contribution in [-0.2, 0) is 6.61 Å². The Bertz CT molecular complexity index is 962. The summed E-state index contributed by atoms with van der Waals surface area (Å²) in [4.78, 5) is 3.46. The molecule has 1 N–H and O–H groups in total. The molecule has 0 saturated heterocycles. The van der Waals surface area contributed by atoms with Crippen LogP contribution in [0.15, 0.2) is 59.2 Å². The number of furan rings is 1. The Labute approximate surface area is 134 Å². The highest BCUT2D eigenvalue weighted by Gasteiger charge is 2.06. The maximum Gasteiger partial charge on any atom is 0.134 e. The van der Waals surface area contributed by atoms with Gasteiger partial charge in [-0.1, -0.05) is 26.0 Å². The molecule has 0 aliphatic carbocycles. The Kier molecular flexibility index (Phi) is 3.34. The second kappa shape index (κ2) is 5.51. The number of nitrogens with one attached hydrogen (secondary N) is 1. The van der Waals surface area contributed by atoms with Crippen LogP contribution in [0.3, 0.4) is 0 Å². The van der Waals surface area contributed by atoms with Crippen LogP contribution in [0.5, 0.6) is 5.75 Å². The average molecular weight is 305 g/mol. The highest BCUT2D eigenvalue weighted by atomic mass is 16.5. The molecule has 0 atom stereocenters. The van der Waals surface area contributed by atoms with Crippen LogP contribution in [0.4, 0.5) is 0 Å². The van der Waals surface area contributed by atoms with E-state index in [1.54, 1.807) is 6.26 Å². The number of benzene rings is 2. The SMILES string of the molecule is CC(C)c1cc2ccc(OCc3ccc4ccoc4c3)cc2[nH]1. The molecule has 4 aromatic rings. The van der Waals surface area contributed by atoms with E-state index in [9.17, 15) is 0 Å². The lowest BCUT2D eigenvalue weighted by atomic mass is 10.1. The van der Waals surface area contributed by atoms with Crippen molar-refractivity contribution in [3.8, 4) is 5.75 Å². The molecule has 0 fully saturated rings. The summed E-state index contributed by atoms with van der Waals surface area (Å²) in [5.74, 6) is 1.36. The van der Waals surface area contributed by atoms with E-state index in [1.807, 2.05) is 18.2 Å². The molecule has 0 amide bonds. The Hall–Kier alpha value is -2.68. The number of fused-ring (bicyclic) bond motifs is 2. The largest absolute Gasteiger partial charge is 0.489 e. The molecule has 0 spiro atoms. The fraction of sp³-hybridized carbons (Fsp3) is 0.200. The van der Waals surface area contributed by atoms with E-state index in [0.717, 1.165) is 27.8 Å². The summed E-state index contributed by atoms with van der Waals surface area (Å²) in [6.07, 6.45) is 1.71. The number of hydrogen-bond acceptors (Lipinski definition) is 2. The van der Waals surface area contributed by atoms with Crippen molar-refractivity contribution < 1.29 is 9.15 Å². The first-order valence-electron chi connectivity index (χ1n) is 7.90. The lowest BCUT2D eigenvalue weighted by Crippen LogP contribution is -1.95. The highest BCUT2D eigenvalue weighted by Crippen LogP contribution is 2.25. The summed E-state index contributed by atoms with van der Waals surface area (Å²) in [5, 5.41) is 2.33. The van der Waals surface area contributed by atoms with Gasteiger partial charge in [-0.05, 0) is 47.2 Å². The summed E-state index contributed by atoms with van der Waals surface area (Å²) in [6.45, 7) is 4.90. The summed E-state index contributed by atoms with van der Waals surface area (Å²) >= 11 is 0. The molecule has 0 unspecified atom stereocenters. The predicted octanol–water partition coefficient (Wildman–Crippen LogP) is 5.62. The molecule has 2 aromatic carbocycles. The third-order valence-corrected chi connectivity index (χ3v) is 4.16. The van der Waals surface area contributed by atoms with Gasteiger partial charge >= 0.3 is 0 Å². The van der Waals surface area contributed by atoms with Gasteiger partial charge in [0, 0.05) is 22.7 Å². The Morgan fingerprint density at radius 1 is 1.00 bits per heavy atom. The molecule has 0 bridgehead atoms. The van der Waals surface area contributed by atoms with Crippen LogP contribution in [0, 0.1) is 0 Å². The maximum absolute atomic E-state index is 5.93. The van der Waals surface area contributed by atoms with Crippen molar-refractivity contribution in [2.24, 2.45) is 0 Å². The monoisotopic (exact) mass is 305 g/mol. The third kappa shape index (κ3) is 2.70. The van der Waals surface area contributed by atoms with Gasteiger partial charge in [0.2, 0.25) is 0 Å². The van der Waals surface area contributed by atoms with Crippen LogP contribution < -0.4 is 4.74 Å². The zero-order chi connectivity index (χ0) is 15.8. The lowest BCUT2D eigenvalue weighted by molar-refractivity contribution is 0.306. The smallest absolute Gasteiger partial charge is 0.134 e. The van der Waals surface area contributed by atoms with Crippen molar-refractivity contribution in [3.63, 3.8) is 0 Å².